The molecule has 0 aliphatic rings. The summed E-state index contributed by atoms with van der Waals surface area (Å²) in [5, 5.41) is 17.5. The molecule has 0 aromatic heterocycles. The summed E-state index contributed by atoms with van der Waals surface area (Å²) >= 11 is 0. The predicted octanol–water partition coefficient (Wildman–Crippen LogP) is 1.37. The zero-order valence-corrected chi connectivity index (χ0v) is 9.32. The van der Waals surface area contributed by atoms with E-state index in [0.29, 0.717) is 6.54 Å². The van der Waals surface area contributed by atoms with Crippen LogP contribution in [0.15, 0.2) is 0 Å². The van der Waals surface area contributed by atoms with Crippen molar-refractivity contribution in [1.29, 1.82) is 0 Å². The molecule has 0 aliphatic carbocycles. The zero-order valence-electron chi connectivity index (χ0n) is 9.32. The second-order valence-electron chi connectivity index (χ2n) is 3.89. The van der Waals surface area contributed by atoms with E-state index in [9.17, 15) is 4.79 Å². The van der Waals surface area contributed by atoms with Crippen molar-refractivity contribution in [2.75, 3.05) is 13.2 Å². The molecule has 0 heterocycles. The highest BCUT2D eigenvalue weighted by molar-refractivity contribution is 5.69. The van der Waals surface area contributed by atoms with Gasteiger partial charge in [0.05, 0.1) is 5.92 Å². The van der Waals surface area contributed by atoms with Crippen LogP contribution in [-0.4, -0.2) is 29.3 Å². The largest absolute Gasteiger partial charge is 0.481 e. The molecule has 90 valence electrons. The van der Waals surface area contributed by atoms with Gasteiger partial charge in [0.25, 0.3) is 0 Å². The molecule has 0 saturated heterocycles. The Hall–Kier alpha value is -0.610. The summed E-state index contributed by atoms with van der Waals surface area (Å²) in [6.07, 6.45) is 5.83. The topological polar surface area (TPSA) is 83.5 Å². The number of aliphatic hydroxyl groups is 1. The van der Waals surface area contributed by atoms with Gasteiger partial charge in [0.15, 0.2) is 0 Å². The number of carboxylic acids is 1. The quantitative estimate of drug-likeness (QED) is 0.482. The molecule has 0 saturated carbocycles. The number of hydrogen-bond acceptors (Lipinski definition) is 3. The average molecular weight is 217 g/mol. The van der Waals surface area contributed by atoms with Crippen molar-refractivity contribution < 1.29 is 15.0 Å². The highest BCUT2D eigenvalue weighted by Gasteiger charge is 2.15. The lowest BCUT2D eigenvalue weighted by atomic mass is 9.95. The Balaban J connectivity index is 3.59. The third-order valence-corrected chi connectivity index (χ3v) is 2.57. The minimum atomic E-state index is -0.698. The van der Waals surface area contributed by atoms with Crippen LogP contribution in [0.25, 0.3) is 0 Å². The van der Waals surface area contributed by atoms with Crippen LogP contribution in [0.1, 0.15) is 44.9 Å². The number of aliphatic hydroxyl groups excluding tert-OH is 1. The van der Waals surface area contributed by atoms with Gasteiger partial charge in [-0.3, -0.25) is 4.79 Å². The van der Waals surface area contributed by atoms with E-state index in [0.717, 1.165) is 44.9 Å². The fourth-order valence-electron chi connectivity index (χ4n) is 1.61. The van der Waals surface area contributed by atoms with E-state index in [-0.39, 0.29) is 12.5 Å². The molecular formula is C11H23NO3. The van der Waals surface area contributed by atoms with Crippen molar-refractivity contribution in [2.45, 2.75) is 44.9 Å². The molecule has 4 nitrogen and oxygen atoms in total. The smallest absolute Gasteiger partial charge is 0.306 e. The number of unbranched alkanes of at least 4 members (excludes halogenated alkanes) is 3. The van der Waals surface area contributed by atoms with Crippen LogP contribution in [0.4, 0.5) is 0 Å². The van der Waals surface area contributed by atoms with Gasteiger partial charge in [-0.2, -0.15) is 0 Å². The van der Waals surface area contributed by atoms with E-state index in [4.69, 9.17) is 15.9 Å². The monoisotopic (exact) mass is 217 g/mol. The van der Waals surface area contributed by atoms with Gasteiger partial charge >= 0.3 is 5.97 Å². The maximum Gasteiger partial charge on any atom is 0.306 e. The molecule has 0 fully saturated rings. The van der Waals surface area contributed by atoms with Crippen molar-refractivity contribution in [3.8, 4) is 0 Å². The van der Waals surface area contributed by atoms with Crippen molar-refractivity contribution >= 4 is 5.97 Å². The molecule has 0 aromatic rings. The number of carboxylic acid groups (broad SMARTS) is 1. The average Bonchev–Trinajstić information content (AvgIpc) is 2.21. The SMILES string of the molecule is NCCCCC(CCCCCO)C(=O)O. The first-order valence-electron chi connectivity index (χ1n) is 5.76. The van der Waals surface area contributed by atoms with E-state index >= 15 is 0 Å². The van der Waals surface area contributed by atoms with Gasteiger partial charge < -0.3 is 15.9 Å². The zero-order chi connectivity index (χ0) is 11.5. The van der Waals surface area contributed by atoms with E-state index in [1.54, 1.807) is 0 Å². The first-order chi connectivity index (χ1) is 7.22. The van der Waals surface area contributed by atoms with Crippen molar-refractivity contribution in [3.63, 3.8) is 0 Å². The van der Waals surface area contributed by atoms with Crippen LogP contribution < -0.4 is 5.73 Å². The summed E-state index contributed by atoms with van der Waals surface area (Å²) in [5.74, 6) is -0.925. The fourth-order valence-corrected chi connectivity index (χ4v) is 1.61. The standard InChI is InChI=1S/C11H23NO3/c12-8-4-3-7-10(11(14)15)6-2-1-5-9-13/h10,13H,1-9,12H2,(H,14,15). The summed E-state index contributed by atoms with van der Waals surface area (Å²) in [5.41, 5.74) is 5.36. The van der Waals surface area contributed by atoms with Crippen molar-refractivity contribution in [2.24, 2.45) is 11.7 Å². The maximum atomic E-state index is 10.9. The van der Waals surface area contributed by atoms with E-state index < -0.39 is 5.97 Å². The molecule has 1 atom stereocenters. The molecule has 15 heavy (non-hydrogen) atoms. The number of hydrogen-bond donors (Lipinski definition) is 3. The van der Waals surface area contributed by atoms with Crippen LogP contribution in [0.3, 0.4) is 0 Å². The molecule has 0 rings (SSSR count). The highest BCUT2D eigenvalue weighted by atomic mass is 16.4. The summed E-state index contributed by atoms with van der Waals surface area (Å²) < 4.78 is 0. The Morgan fingerprint density at radius 1 is 1.07 bits per heavy atom. The van der Waals surface area contributed by atoms with Gasteiger partial charge in [-0.15, -0.1) is 0 Å². The van der Waals surface area contributed by atoms with Gasteiger partial charge in [-0.25, -0.2) is 0 Å². The van der Waals surface area contributed by atoms with E-state index in [1.165, 1.54) is 0 Å². The lowest BCUT2D eigenvalue weighted by Crippen LogP contribution is -2.14. The second-order valence-corrected chi connectivity index (χ2v) is 3.89. The Morgan fingerprint density at radius 3 is 2.13 bits per heavy atom. The molecular weight excluding hydrogens is 194 g/mol. The minimum absolute atomic E-state index is 0.199. The Labute approximate surface area is 91.5 Å². The second kappa shape index (κ2) is 9.93. The van der Waals surface area contributed by atoms with E-state index in [2.05, 4.69) is 0 Å². The number of rotatable bonds is 10. The summed E-state index contributed by atoms with van der Waals surface area (Å²) in [4.78, 5) is 10.9. The van der Waals surface area contributed by atoms with Crippen molar-refractivity contribution in [3.05, 3.63) is 0 Å². The van der Waals surface area contributed by atoms with Gasteiger partial charge in [0, 0.05) is 6.61 Å². The molecule has 0 bridgehead atoms. The van der Waals surface area contributed by atoms with Crippen LogP contribution in [0.5, 0.6) is 0 Å². The van der Waals surface area contributed by atoms with Gasteiger partial charge in [0.2, 0.25) is 0 Å². The third-order valence-electron chi connectivity index (χ3n) is 2.57. The predicted molar refractivity (Wildman–Crippen MR) is 59.6 cm³/mol. The van der Waals surface area contributed by atoms with Crippen LogP contribution in [0.2, 0.25) is 0 Å². The van der Waals surface area contributed by atoms with Gasteiger partial charge in [-0.1, -0.05) is 19.3 Å². The molecule has 0 amide bonds. The van der Waals surface area contributed by atoms with Gasteiger partial charge in [0.1, 0.15) is 0 Å². The van der Waals surface area contributed by atoms with Crippen LogP contribution in [-0.2, 0) is 4.79 Å². The molecule has 0 aliphatic heterocycles. The summed E-state index contributed by atoms with van der Waals surface area (Å²) in [6, 6.07) is 0. The fraction of sp³-hybridized carbons (Fsp3) is 0.909. The number of nitrogens with two attached hydrogens (primary N) is 1. The lowest BCUT2D eigenvalue weighted by Gasteiger charge is -2.11. The minimum Gasteiger partial charge on any atom is -0.481 e. The normalized spacial score (nSPS) is 12.7. The number of aliphatic carboxylic acids is 1. The van der Waals surface area contributed by atoms with E-state index in [1.807, 2.05) is 0 Å². The van der Waals surface area contributed by atoms with Crippen molar-refractivity contribution in [1.82, 2.24) is 0 Å². The molecule has 4 heteroatoms. The van der Waals surface area contributed by atoms with Crippen LogP contribution >= 0.6 is 0 Å². The molecule has 0 aromatic carbocycles. The Morgan fingerprint density at radius 2 is 1.67 bits per heavy atom. The summed E-state index contributed by atoms with van der Waals surface area (Å²) in [6.45, 7) is 0.835. The maximum absolute atomic E-state index is 10.9. The summed E-state index contributed by atoms with van der Waals surface area (Å²) in [7, 11) is 0. The highest BCUT2D eigenvalue weighted by Crippen LogP contribution is 2.16. The molecule has 4 N–H and O–H groups in total. The lowest BCUT2D eigenvalue weighted by molar-refractivity contribution is -0.142. The number of carbonyl (C=O) groups is 1. The Kier molecular flexibility index (Phi) is 9.52. The first-order valence-corrected chi connectivity index (χ1v) is 5.76. The Bertz CT molecular complexity index is 162. The molecule has 0 radical (unpaired) electrons. The first kappa shape index (κ1) is 14.4. The molecule has 0 spiro atoms. The third kappa shape index (κ3) is 8.39. The van der Waals surface area contributed by atoms with Gasteiger partial charge in [-0.05, 0) is 32.2 Å². The van der Waals surface area contributed by atoms with Crippen LogP contribution in [0, 0.1) is 5.92 Å². The molecule has 1 unspecified atom stereocenters.